The predicted molar refractivity (Wildman–Crippen MR) is 122 cm³/mol. The monoisotopic (exact) mass is 496 g/mol. The molecular weight excluding hydrogens is 460 g/mol. The van der Waals surface area contributed by atoms with E-state index in [0.717, 1.165) is 51.9 Å². The largest absolute Gasteiger partial charge is 0.456 e. The summed E-state index contributed by atoms with van der Waals surface area (Å²) in [5.41, 5.74) is -0.369. The number of hydrogen-bond acceptors (Lipinski definition) is 4. The third-order valence-electron chi connectivity index (χ3n) is 6.98. The van der Waals surface area contributed by atoms with Gasteiger partial charge in [-0.3, -0.25) is 0 Å². The minimum Gasteiger partial charge on any atom is -0.456 e. The molecule has 0 atom stereocenters. The van der Waals surface area contributed by atoms with E-state index in [1.54, 1.807) is 18.2 Å². The van der Waals surface area contributed by atoms with Gasteiger partial charge in [-0.2, -0.15) is 0 Å². The van der Waals surface area contributed by atoms with Gasteiger partial charge in [0, 0.05) is 42.0 Å². The molecule has 2 heterocycles. The highest BCUT2D eigenvalue weighted by Gasteiger charge is 2.37. The first kappa shape index (κ1) is 24.2. The molecule has 0 unspecified atom stereocenters. The smallest absolute Gasteiger partial charge is 0.339 e. The van der Waals surface area contributed by atoms with Crippen LogP contribution in [0.25, 0.3) is 0 Å². The molecule has 7 heteroatoms. The van der Waals surface area contributed by atoms with Crippen molar-refractivity contribution in [2.24, 2.45) is 11.8 Å². The zero-order chi connectivity index (χ0) is 22.6. The summed E-state index contributed by atoms with van der Waals surface area (Å²) in [5, 5.41) is 4.60. The fraction of sp³-hybridized carbons (Fsp3) is 0.667. The molecule has 0 amide bonds. The number of hydrogen-bond donors (Lipinski definition) is 2. The SMILES string of the molecule is CC(C)(OC(=O)c1ccc(Br)c(C(=O)OC(C)(C)C2CC[NH2+]CC2)c1)C1CC[NH2+]CC1. The number of benzene rings is 1. The second-order valence-corrected chi connectivity index (χ2v) is 10.8. The number of esters is 2. The lowest BCUT2D eigenvalue weighted by molar-refractivity contribution is -0.666. The Balaban J connectivity index is 1.71. The predicted octanol–water partition coefficient (Wildman–Crippen LogP) is 2.27. The fourth-order valence-electron chi connectivity index (χ4n) is 4.81. The van der Waals surface area contributed by atoms with E-state index in [1.165, 1.54) is 0 Å². The molecule has 2 saturated heterocycles. The van der Waals surface area contributed by atoms with Crippen LogP contribution in [0, 0.1) is 11.8 Å². The summed E-state index contributed by atoms with van der Waals surface area (Å²) in [5.74, 6) is -0.136. The van der Waals surface area contributed by atoms with E-state index in [1.807, 2.05) is 27.7 Å². The maximum Gasteiger partial charge on any atom is 0.339 e. The van der Waals surface area contributed by atoms with E-state index in [9.17, 15) is 9.59 Å². The number of quaternary nitrogens is 2. The van der Waals surface area contributed by atoms with Gasteiger partial charge < -0.3 is 20.1 Å². The van der Waals surface area contributed by atoms with Crippen molar-refractivity contribution in [2.75, 3.05) is 26.2 Å². The van der Waals surface area contributed by atoms with Gasteiger partial charge in [0.25, 0.3) is 0 Å². The van der Waals surface area contributed by atoms with Gasteiger partial charge in [-0.05, 0) is 61.8 Å². The number of carbonyl (C=O) groups is 2. The molecule has 0 saturated carbocycles. The van der Waals surface area contributed by atoms with Crippen molar-refractivity contribution in [3.05, 3.63) is 33.8 Å². The van der Waals surface area contributed by atoms with Crippen molar-refractivity contribution in [1.82, 2.24) is 0 Å². The van der Waals surface area contributed by atoms with Crippen LogP contribution in [0.3, 0.4) is 0 Å². The Hall–Kier alpha value is -1.44. The average Bonchev–Trinajstić information content (AvgIpc) is 2.74. The van der Waals surface area contributed by atoms with Crippen LogP contribution in [-0.2, 0) is 9.47 Å². The highest BCUT2D eigenvalue weighted by molar-refractivity contribution is 9.10. The van der Waals surface area contributed by atoms with Crippen LogP contribution in [0.1, 0.15) is 74.1 Å². The van der Waals surface area contributed by atoms with Crippen molar-refractivity contribution in [1.29, 1.82) is 0 Å². The minimum absolute atomic E-state index is 0.335. The lowest BCUT2D eigenvalue weighted by atomic mass is 9.83. The lowest BCUT2D eigenvalue weighted by Crippen LogP contribution is -2.86. The molecule has 31 heavy (non-hydrogen) atoms. The Labute approximate surface area is 194 Å². The average molecular weight is 497 g/mol. The van der Waals surface area contributed by atoms with Crippen LogP contribution in [0.2, 0.25) is 0 Å². The van der Waals surface area contributed by atoms with Crippen LogP contribution in [0.4, 0.5) is 0 Å². The number of halogens is 1. The molecule has 1 aromatic carbocycles. The molecule has 3 rings (SSSR count). The van der Waals surface area contributed by atoms with Crippen molar-refractivity contribution in [3.63, 3.8) is 0 Å². The van der Waals surface area contributed by atoms with Gasteiger partial charge in [-0.25, -0.2) is 9.59 Å². The van der Waals surface area contributed by atoms with E-state index in [0.29, 0.717) is 27.4 Å². The van der Waals surface area contributed by atoms with Crippen LogP contribution in [0.15, 0.2) is 22.7 Å². The zero-order valence-electron chi connectivity index (χ0n) is 19.2. The molecule has 0 spiro atoms. The molecule has 172 valence electrons. The van der Waals surface area contributed by atoms with Gasteiger partial charge in [-0.15, -0.1) is 0 Å². The number of rotatable bonds is 6. The van der Waals surface area contributed by atoms with E-state index in [-0.39, 0.29) is 0 Å². The first-order valence-corrected chi connectivity index (χ1v) is 12.3. The Morgan fingerprint density at radius 2 is 1.29 bits per heavy atom. The fourth-order valence-corrected chi connectivity index (χ4v) is 5.22. The molecule has 1 aromatic rings. The van der Waals surface area contributed by atoms with Gasteiger partial charge in [-0.1, -0.05) is 0 Å². The van der Waals surface area contributed by atoms with Crippen LogP contribution >= 0.6 is 15.9 Å². The van der Waals surface area contributed by atoms with Crippen LogP contribution < -0.4 is 10.6 Å². The third kappa shape index (κ3) is 6.08. The minimum atomic E-state index is -0.554. The molecule has 2 fully saturated rings. The Morgan fingerprint density at radius 3 is 1.77 bits per heavy atom. The summed E-state index contributed by atoms with van der Waals surface area (Å²) >= 11 is 3.45. The topological polar surface area (TPSA) is 85.8 Å². The highest BCUT2D eigenvalue weighted by atomic mass is 79.9. The Kier molecular flexibility index (Phi) is 7.81. The molecular formula is C24H37BrN2O4+2. The maximum atomic E-state index is 13.0. The maximum absolute atomic E-state index is 13.0. The Morgan fingerprint density at radius 1 is 0.839 bits per heavy atom. The summed E-state index contributed by atoms with van der Waals surface area (Å²) in [4.78, 5) is 25.9. The lowest BCUT2D eigenvalue weighted by Gasteiger charge is -2.36. The van der Waals surface area contributed by atoms with Crippen LogP contribution in [-0.4, -0.2) is 49.3 Å². The summed E-state index contributed by atoms with van der Waals surface area (Å²) in [6.45, 7) is 12.2. The highest BCUT2D eigenvalue weighted by Crippen LogP contribution is 2.32. The first-order chi connectivity index (χ1) is 14.6. The summed E-state index contributed by atoms with van der Waals surface area (Å²) in [6, 6.07) is 5.00. The van der Waals surface area contributed by atoms with Gasteiger partial charge in [0.1, 0.15) is 11.2 Å². The van der Waals surface area contributed by atoms with Crippen molar-refractivity contribution < 1.29 is 29.7 Å². The van der Waals surface area contributed by atoms with E-state index in [4.69, 9.17) is 9.47 Å². The Bertz CT molecular complexity index is 797. The van der Waals surface area contributed by atoms with Gasteiger partial charge in [0.2, 0.25) is 0 Å². The normalized spacial score (nSPS) is 19.1. The summed E-state index contributed by atoms with van der Waals surface area (Å²) in [6.07, 6.45) is 4.13. The summed E-state index contributed by atoms with van der Waals surface area (Å²) in [7, 11) is 0. The number of nitrogens with two attached hydrogens (primary N) is 2. The van der Waals surface area contributed by atoms with Gasteiger partial charge >= 0.3 is 11.9 Å². The molecule has 0 radical (unpaired) electrons. The quantitative estimate of drug-likeness (QED) is 0.591. The molecule has 0 aromatic heterocycles. The zero-order valence-corrected chi connectivity index (χ0v) is 20.8. The van der Waals surface area contributed by atoms with Gasteiger partial charge in [0.05, 0.1) is 37.3 Å². The molecule has 0 aliphatic carbocycles. The van der Waals surface area contributed by atoms with Crippen molar-refractivity contribution in [3.8, 4) is 0 Å². The molecule has 2 aliphatic rings. The van der Waals surface area contributed by atoms with E-state index < -0.39 is 23.1 Å². The standard InChI is InChI=1S/C24H35BrN2O4/c1-23(2,17-7-11-26-12-8-17)30-21(28)16-5-6-20(25)19(15-16)22(29)31-24(3,4)18-9-13-27-14-10-18/h5-6,15,17-18,26-27H,7-14H2,1-4H3/p+2. The third-order valence-corrected chi connectivity index (χ3v) is 7.67. The van der Waals surface area contributed by atoms with Crippen LogP contribution in [0.5, 0.6) is 0 Å². The van der Waals surface area contributed by atoms with Gasteiger partial charge in [0.15, 0.2) is 0 Å². The second kappa shape index (κ2) is 10.0. The number of piperidine rings is 2. The number of ether oxygens (including phenoxy) is 2. The number of carbonyl (C=O) groups excluding carboxylic acids is 2. The molecule has 6 nitrogen and oxygen atoms in total. The molecule has 0 bridgehead atoms. The van der Waals surface area contributed by atoms with E-state index >= 15 is 0 Å². The van der Waals surface area contributed by atoms with E-state index in [2.05, 4.69) is 26.6 Å². The first-order valence-electron chi connectivity index (χ1n) is 11.5. The summed E-state index contributed by atoms with van der Waals surface area (Å²) < 4.78 is 12.5. The molecule has 2 aliphatic heterocycles. The van der Waals surface area contributed by atoms with Crippen molar-refractivity contribution >= 4 is 27.9 Å². The van der Waals surface area contributed by atoms with Crippen molar-refractivity contribution in [2.45, 2.75) is 64.6 Å². The second-order valence-electron chi connectivity index (χ2n) is 9.96. The molecule has 4 N–H and O–H groups in total.